The standard InChI is InChI=1S/C15H24N2O3S2/c1-12-5-6-14(21-12)22(19,20)17-9-7-16(8-10-17)11-13(18)15(2,3)4/h5-6H,7-11H2,1-4H3. The molecule has 124 valence electrons. The number of rotatable bonds is 4. The maximum atomic E-state index is 12.5. The Labute approximate surface area is 137 Å². The lowest BCUT2D eigenvalue weighted by molar-refractivity contribution is -0.127. The van der Waals surface area contributed by atoms with Crippen molar-refractivity contribution in [2.75, 3.05) is 32.7 Å². The second-order valence-corrected chi connectivity index (χ2v) is 10.2. The van der Waals surface area contributed by atoms with Crippen LogP contribution in [-0.2, 0) is 14.8 Å². The molecule has 0 radical (unpaired) electrons. The molecule has 1 aliphatic heterocycles. The monoisotopic (exact) mass is 344 g/mol. The molecule has 1 fully saturated rings. The third kappa shape index (κ3) is 3.95. The fourth-order valence-corrected chi connectivity index (χ4v) is 5.11. The Morgan fingerprint density at radius 3 is 2.23 bits per heavy atom. The minimum absolute atomic E-state index is 0.192. The molecule has 22 heavy (non-hydrogen) atoms. The van der Waals surface area contributed by atoms with Crippen LogP contribution in [-0.4, -0.2) is 56.1 Å². The lowest BCUT2D eigenvalue weighted by Crippen LogP contribution is -2.50. The van der Waals surface area contributed by atoms with E-state index in [-0.39, 0.29) is 11.2 Å². The topological polar surface area (TPSA) is 57.7 Å². The van der Waals surface area contributed by atoms with Crippen molar-refractivity contribution in [1.82, 2.24) is 9.21 Å². The van der Waals surface area contributed by atoms with E-state index in [0.717, 1.165) is 4.88 Å². The maximum absolute atomic E-state index is 12.5. The zero-order chi connectivity index (χ0) is 16.5. The Bertz CT molecular complexity index is 636. The van der Waals surface area contributed by atoms with Crippen LogP contribution in [0.4, 0.5) is 0 Å². The number of thiophene rings is 1. The molecule has 1 aromatic heterocycles. The predicted molar refractivity (Wildman–Crippen MR) is 88.7 cm³/mol. The van der Waals surface area contributed by atoms with Crippen molar-refractivity contribution in [1.29, 1.82) is 0 Å². The van der Waals surface area contributed by atoms with Crippen LogP contribution < -0.4 is 0 Å². The van der Waals surface area contributed by atoms with Gasteiger partial charge in [-0.15, -0.1) is 11.3 Å². The molecule has 0 atom stereocenters. The number of hydrogen-bond donors (Lipinski definition) is 0. The number of Topliss-reactive ketones (excluding diaryl/α,β-unsaturated/α-hetero) is 1. The molecule has 2 heterocycles. The van der Waals surface area contributed by atoms with E-state index in [1.54, 1.807) is 6.07 Å². The number of carbonyl (C=O) groups excluding carboxylic acids is 1. The lowest BCUT2D eigenvalue weighted by atomic mass is 9.90. The summed E-state index contributed by atoms with van der Waals surface area (Å²) in [4.78, 5) is 15.1. The number of sulfonamides is 1. The van der Waals surface area contributed by atoms with Crippen LogP contribution in [0.25, 0.3) is 0 Å². The smallest absolute Gasteiger partial charge is 0.252 e. The molecular formula is C15H24N2O3S2. The number of ketones is 1. The van der Waals surface area contributed by atoms with Crippen molar-refractivity contribution in [3.8, 4) is 0 Å². The molecule has 2 rings (SSSR count). The average Bonchev–Trinajstić information content (AvgIpc) is 2.86. The second kappa shape index (κ2) is 6.39. The zero-order valence-corrected chi connectivity index (χ0v) is 15.3. The van der Waals surface area contributed by atoms with Gasteiger partial charge >= 0.3 is 0 Å². The van der Waals surface area contributed by atoms with Gasteiger partial charge in [0, 0.05) is 36.5 Å². The summed E-state index contributed by atoms with van der Waals surface area (Å²) in [6.45, 7) is 10.1. The summed E-state index contributed by atoms with van der Waals surface area (Å²) in [5, 5.41) is 0. The van der Waals surface area contributed by atoms with Crippen LogP contribution in [0.15, 0.2) is 16.3 Å². The van der Waals surface area contributed by atoms with E-state index in [2.05, 4.69) is 0 Å². The Kier molecular flexibility index (Phi) is 5.11. The number of aryl methyl sites for hydroxylation is 1. The van der Waals surface area contributed by atoms with E-state index in [1.165, 1.54) is 15.6 Å². The molecule has 0 aromatic carbocycles. The van der Waals surface area contributed by atoms with Gasteiger partial charge in [0.25, 0.3) is 10.0 Å². The summed E-state index contributed by atoms with van der Waals surface area (Å²) >= 11 is 1.31. The fourth-order valence-electron chi connectivity index (χ4n) is 2.25. The predicted octanol–water partition coefficient (Wildman–Crippen LogP) is 1.98. The maximum Gasteiger partial charge on any atom is 0.252 e. The lowest BCUT2D eigenvalue weighted by Gasteiger charge is -2.34. The van der Waals surface area contributed by atoms with Gasteiger partial charge in [-0.2, -0.15) is 4.31 Å². The number of nitrogens with zero attached hydrogens (tertiary/aromatic N) is 2. The largest absolute Gasteiger partial charge is 0.298 e. The van der Waals surface area contributed by atoms with Crippen molar-refractivity contribution >= 4 is 27.1 Å². The van der Waals surface area contributed by atoms with E-state index in [0.29, 0.717) is 36.9 Å². The first-order valence-corrected chi connectivity index (χ1v) is 9.68. The number of carbonyl (C=O) groups is 1. The normalized spacial score (nSPS) is 18.5. The molecule has 0 spiro atoms. The van der Waals surface area contributed by atoms with Gasteiger partial charge in [-0.1, -0.05) is 20.8 Å². The Morgan fingerprint density at radius 1 is 1.18 bits per heavy atom. The number of piperazine rings is 1. The molecule has 0 amide bonds. The highest BCUT2D eigenvalue weighted by Gasteiger charge is 2.31. The van der Waals surface area contributed by atoms with Crippen molar-refractivity contribution in [2.45, 2.75) is 31.9 Å². The summed E-state index contributed by atoms with van der Waals surface area (Å²) in [5.41, 5.74) is -0.349. The van der Waals surface area contributed by atoms with Gasteiger partial charge in [0.05, 0.1) is 6.54 Å². The highest BCUT2D eigenvalue weighted by atomic mass is 32.2. The summed E-state index contributed by atoms with van der Waals surface area (Å²) in [6.07, 6.45) is 0. The highest BCUT2D eigenvalue weighted by molar-refractivity contribution is 7.91. The molecule has 0 bridgehead atoms. The second-order valence-electron chi connectivity index (χ2n) is 6.72. The van der Waals surface area contributed by atoms with E-state index >= 15 is 0 Å². The first-order chi connectivity index (χ1) is 10.1. The van der Waals surface area contributed by atoms with Crippen molar-refractivity contribution < 1.29 is 13.2 Å². The third-order valence-corrected chi connectivity index (χ3v) is 7.21. The van der Waals surface area contributed by atoms with Crippen molar-refractivity contribution in [2.24, 2.45) is 5.41 Å². The molecule has 1 aliphatic rings. The van der Waals surface area contributed by atoms with Crippen LogP contribution in [0, 0.1) is 12.3 Å². The summed E-state index contributed by atoms with van der Waals surface area (Å²) in [7, 11) is -3.38. The van der Waals surface area contributed by atoms with Crippen LogP contribution in [0.3, 0.4) is 0 Å². The van der Waals surface area contributed by atoms with Crippen LogP contribution >= 0.6 is 11.3 Å². The summed E-state index contributed by atoms with van der Waals surface area (Å²) in [6, 6.07) is 3.50. The van der Waals surface area contributed by atoms with Gasteiger partial charge < -0.3 is 0 Å². The van der Waals surface area contributed by atoms with Gasteiger partial charge in [0.1, 0.15) is 4.21 Å². The van der Waals surface area contributed by atoms with E-state index < -0.39 is 10.0 Å². The molecule has 1 aromatic rings. The summed E-state index contributed by atoms with van der Waals surface area (Å²) in [5.74, 6) is 0.192. The van der Waals surface area contributed by atoms with Gasteiger partial charge in [0.2, 0.25) is 0 Å². The van der Waals surface area contributed by atoms with Gasteiger partial charge in [-0.05, 0) is 19.1 Å². The average molecular weight is 345 g/mol. The molecule has 0 unspecified atom stereocenters. The summed E-state index contributed by atoms with van der Waals surface area (Å²) < 4.78 is 27.0. The van der Waals surface area contributed by atoms with Gasteiger partial charge in [0.15, 0.2) is 5.78 Å². The molecule has 1 saturated heterocycles. The van der Waals surface area contributed by atoms with Crippen molar-refractivity contribution in [3.63, 3.8) is 0 Å². The Morgan fingerprint density at radius 2 is 1.77 bits per heavy atom. The van der Waals surface area contributed by atoms with Gasteiger partial charge in [-0.3, -0.25) is 9.69 Å². The minimum atomic E-state index is -3.38. The first kappa shape index (κ1) is 17.6. The zero-order valence-electron chi connectivity index (χ0n) is 13.6. The van der Waals surface area contributed by atoms with Gasteiger partial charge in [-0.25, -0.2) is 8.42 Å². The van der Waals surface area contributed by atoms with Crippen LogP contribution in [0.1, 0.15) is 25.6 Å². The quantitative estimate of drug-likeness (QED) is 0.838. The minimum Gasteiger partial charge on any atom is -0.298 e. The molecule has 5 nitrogen and oxygen atoms in total. The number of hydrogen-bond acceptors (Lipinski definition) is 5. The van der Waals surface area contributed by atoms with Crippen molar-refractivity contribution in [3.05, 3.63) is 17.0 Å². The fraction of sp³-hybridized carbons (Fsp3) is 0.667. The first-order valence-electron chi connectivity index (χ1n) is 7.43. The van der Waals surface area contributed by atoms with Crippen LogP contribution in [0.2, 0.25) is 0 Å². The SMILES string of the molecule is Cc1ccc(S(=O)(=O)N2CCN(CC(=O)C(C)(C)C)CC2)s1. The molecule has 0 aliphatic carbocycles. The Balaban J connectivity index is 1.96. The third-order valence-electron chi connectivity index (χ3n) is 3.84. The van der Waals surface area contributed by atoms with E-state index in [1.807, 2.05) is 38.7 Å². The molecule has 0 saturated carbocycles. The van der Waals surface area contributed by atoms with E-state index in [9.17, 15) is 13.2 Å². The molecule has 7 heteroatoms. The Hall–Kier alpha value is -0.760. The molecule has 0 N–H and O–H groups in total. The molecular weight excluding hydrogens is 320 g/mol. The van der Waals surface area contributed by atoms with Crippen LogP contribution in [0.5, 0.6) is 0 Å². The van der Waals surface area contributed by atoms with E-state index in [4.69, 9.17) is 0 Å². The highest BCUT2D eigenvalue weighted by Crippen LogP contribution is 2.25.